The molecule has 0 unspecified atom stereocenters. The standard InChI is InChI=1S/C13H19NO/c1-5-15-10-14-12-9-7-6-8-11(12)13(2,3)4/h6-10H,5H2,1-4H3. The molecule has 82 valence electrons. The lowest BCUT2D eigenvalue weighted by Crippen LogP contribution is -2.11. The van der Waals surface area contributed by atoms with Crippen LogP contribution in [0.4, 0.5) is 5.69 Å². The molecule has 0 aliphatic rings. The van der Waals surface area contributed by atoms with E-state index in [-0.39, 0.29) is 5.41 Å². The van der Waals surface area contributed by atoms with Gasteiger partial charge in [-0.1, -0.05) is 39.0 Å². The molecule has 1 rings (SSSR count). The Morgan fingerprint density at radius 1 is 1.27 bits per heavy atom. The number of para-hydroxylation sites is 1. The Hall–Kier alpha value is -1.31. The van der Waals surface area contributed by atoms with Crippen molar-refractivity contribution in [2.24, 2.45) is 4.99 Å². The van der Waals surface area contributed by atoms with Crippen molar-refractivity contribution in [1.82, 2.24) is 0 Å². The highest BCUT2D eigenvalue weighted by molar-refractivity contribution is 5.59. The summed E-state index contributed by atoms with van der Waals surface area (Å²) in [7, 11) is 0. The van der Waals surface area contributed by atoms with Gasteiger partial charge in [0.2, 0.25) is 0 Å². The number of benzene rings is 1. The van der Waals surface area contributed by atoms with Crippen LogP contribution in [0.25, 0.3) is 0 Å². The molecule has 0 spiro atoms. The predicted octanol–water partition coefficient (Wildman–Crippen LogP) is 3.68. The Balaban J connectivity index is 2.97. The molecular weight excluding hydrogens is 186 g/mol. The number of aliphatic imine (C=N–C) groups is 1. The first-order chi connectivity index (χ1) is 7.05. The molecule has 0 heterocycles. The van der Waals surface area contributed by atoms with Crippen molar-refractivity contribution in [1.29, 1.82) is 0 Å². The van der Waals surface area contributed by atoms with Gasteiger partial charge in [0.1, 0.15) is 0 Å². The molecular formula is C13H19NO. The van der Waals surface area contributed by atoms with Gasteiger partial charge in [0.25, 0.3) is 0 Å². The lowest BCUT2D eigenvalue weighted by atomic mass is 9.86. The molecule has 0 bridgehead atoms. The minimum Gasteiger partial charge on any atom is -0.483 e. The fourth-order valence-corrected chi connectivity index (χ4v) is 1.39. The molecule has 2 nitrogen and oxygen atoms in total. The molecule has 1 aromatic rings. The largest absolute Gasteiger partial charge is 0.483 e. The van der Waals surface area contributed by atoms with Crippen LogP contribution in [-0.2, 0) is 10.2 Å². The normalized spacial score (nSPS) is 12.0. The second-order valence-corrected chi connectivity index (χ2v) is 4.46. The quantitative estimate of drug-likeness (QED) is 0.545. The fourth-order valence-electron chi connectivity index (χ4n) is 1.39. The highest BCUT2D eigenvalue weighted by Gasteiger charge is 2.16. The molecule has 1 aromatic carbocycles. The zero-order valence-corrected chi connectivity index (χ0v) is 9.95. The summed E-state index contributed by atoms with van der Waals surface area (Å²) in [5.41, 5.74) is 2.33. The van der Waals surface area contributed by atoms with Crippen LogP contribution in [0.15, 0.2) is 29.3 Å². The molecule has 0 amide bonds. The highest BCUT2D eigenvalue weighted by atomic mass is 16.5. The number of nitrogens with zero attached hydrogens (tertiary/aromatic N) is 1. The Labute approximate surface area is 92.0 Å². The van der Waals surface area contributed by atoms with Crippen molar-refractivity contribution >= 4 is 12.1 Å². The highest BCUT2D eigenvalue weighted by Crippen LogP contribution is 2.30. The average molecular weight is 205 g/mol. The molecule has 2 heteroatoms. The lowest BCUT2D eigenvalue weighted by Gasteiger charge is -2.20. The van der Waals surface area contributed by atoms with Crippen molar-refractivity contribution in [3.8, 4) is 0 Å². The van der Waals surface area contributed by atoms with E-state index in [1.807, 2.05) is 25.1 Å². The van der Waals surface area contributed by atoms with Gasteiger partial charge in [-0.3, -0.25) is 0 Å². The molecule has 0 atom stereocenters. The summed E-state index contributed by atoms with van der Waals surface area (Å²) in [5.74, 6) is 0. The second kappa shape index (κ2) is 4.96. The summed E-state index contributed by atoms with van der Waals surface area (Å²) in [5, 5.41) is 0. The van der Waals surface area contributed by atoms with Crippen molar-refractivity contribution in [3.05, 3.63) is 29.8 Å². The van der Waals surface area contributed by atoms with Crippen LogP contribution in [-0.4, -0.2) is 13.0 Å². The summed E-state index contributed by atoms with van der Waals surface area (Å²) in [6.07, 6.45) is 1.52. The first kappa shape index (κ1) is 11.8. The second-order valence-electron chi connectivity index (χ2n) is 4.46. The zero-order chi connectivity index (χ0) is 11.3. The number of rotatable bonds is 3. The number of hydrogen-bond acceptors (Lipinski definition) is 2. The van der Waals surface area contributed by atoms with E-state index in [0.29, 0.717) is 6.61 Å². The lowest BCUT2D eigenvalue weighted by molar-refractivity contribution is 0.344. The third-order valence-corrected chi connectivity index (χ3v) is 2.15. The third-order valence-electron chi connectivity index (χ3n) is 2.15. The minimum atomic E-state index is 0.111. The van der Waals surface area contributed by atoms with Crippen LogP contribution in [0.5, 0.6) is 0 Å². The smallest absolute Gasteiger partial charge is 0.174 e. The van der Waals surface area contributed by atoms with Crippen molar-refractivity contribution in [2.75, 3.05) is 6.61 Å². The summed E-state index contributed by atoms with van der Waals surface area (Å²) in [6.45, 7) is 9.15. The summed E-state index contributed by atoms with van der Waals surface area (Å²) in [4.78, 5) is 4.32. The van der Waals surface area contributed by atoms with Gasteiger partial charge in [0.05, 0.1) is 12.3 Å². The van der Waals surface area contributed by atoms with Crippen LogP contribution in [0.1, 0.15) is 33.3 Å². The van der Waals surface area contributed by atoms with Gasteiger partial charge in [-0.2, -0.15) is 0 Å². The number of hydrogen-bond donors (Lipinski definition) is 0. The third kappa shape index (κ3) is 3.39. The molecule has 0 aliphatic heterocycles. The average Bonchev–Trinajstić information content (AvgIpc) is 2.17. The SMILES string of the molecule is CCOC=Nc1ccccc1C(C)(C)C. The Bertz CT molecular complexity index is 337. The van der Waals surface area contributed by atoms with Crippen molar-refractivity contribution in [2.45, 2.75) is 33.1 Å². The fraction of sp³-hybridized carbons (Fsp3) is 0.462. The van der Waals surface area contributed by atoms with Crippen molar-refractivity contribution < 1.29 is 4.74 Å². The Kier molecular flexibility index (Phi) is 3.89. The van der Waals surface area contributed by atoms with E-state index in [9.17, 15) is 0 Å². The van der Waals surface area contributed by atoms with E-state index in [1.54, 1.807) is 0 Å². The van der Waals surface area contributed by atoms with Crippen molar-refractivity contribution in [3.63, 3.8) is 0 Å². The van der Waals surface area contributed by atoms with E-state index in [4.69, 9.17) is 4.74 Å². The van der Waals surface area contributed by atoms with Crippen LogP contribution < -0.4 is 0 Å². The molecule has 0 fully saturated rings. The monoisotopic (exact) mass is 205 g/mol. The van der Waals surface area contributed by atoms with Gasteiger partial charge in [-0.15, -0.1) is 0 Å². The van der Waals surface area contributed by atoms with Gasteiger partial charge >= 0.3 is 0 Å². The van der Waals surface area contributed by atoms with Crippen LogP contribution in [0.3, 0.4) is 0 Å². The van der Waals surface area contributed by atoms with Gasteiger partial charge < -0.3 is 4.74 Å². The van der Waals surface area contributed by atoms with E-state index in [0.717, 1.165) is 5.69 Å². The van der Waals surface area contributed by atoms with Gasteiger partial charge in [0.15, 0.2) is 6.40 Å². The maximum Gasteiger partial charge on any atom is 0.174 e. The summed E-state index contributed by atoms with van der Waals surface area (Å²) < 4.78 is 5.11. The maximum absolute atomic E-state index is 5.11. The first-order valence-electron chi connectivity index (χ1n) is 5.29. The van der Waals surface area contributed by atoms with Gasteiger partial charge in [-0.25, -0.2) is 4.99 Å². The molecule has 0 saturated heterocycles. The molecule has 0 N–H and O–H groups in total. The van der Waals surface area contributed by atoms with Gasteiger partial charge in [-0.05, 0) is 24.0 Å². The van der Waals surface area contributed by atoms with Crippen LogP contribution >= 0.6 is 0 Å². The minimum absolute atomic E-state index is 0.111. The topological polar surface area (TPSA) is 21.6 Å². The predicted molar refractivity (Wildman–Crippen MR) is 64.9 cm³/mol. The Morgan fingerprint density at radius 2 is 1.93 bits per heavy atom. The van der Waals surface area contributed by atoms with E-state index < -0.39 is 0 Å². The molecule has 0 saturated carbocycles. The van der Waals surface area contributed by atoms with Crippen LogP contribution in [0, 0.1) is 0 Å². The Morgan fingerprint density at radius 3 is 2.53 bits per heavy atom. The maximum atomic E-state index is 5.11. The number of ether oxygens (including phenoxy) is 1. The summed E-state index contributed by atoms with van der Waals surface area (Å²) >= 11 is 0. The molecule has 0 aromatic heterocycles. The van der Waals surface area contributed by atoms with E-state index in [1.165, 1.54) is 12.0 Å². The molecule has 15 heavy (non-hydrogen) atoms. The van der Waals surface area contributed by atoms with Crippen LogP contribution in [0.2, 0.25) is 0 Å². The summed E-state index contributed by atoms with van der Waals surface area (Å²) in [6, 6.07) is 8.16. The molecule has 0 radical (unpaired) electrons. The molecule has 0 aliphatic carbocycles. The van der Waals surface area contributed by atoms with E-state index in [2.05, 4.69) is 31.8 Å². The zero-order valence-electron chi connectivity index (χ0n) is 9.95. The first-order valence-corrected chi connectivity index (χ1v) is 5.29. The van der Waals surface area contributed by atoms with Gasteiger partial charge in [0, 0.05) is 0 Å². The van der Waals surface area contributed by atoms with E-state index >= 15 is 0 Å².